The second-order valence-electron chi connectivity index (χ2n) is 4.78. The molecule has 0 unspecified atom stereocenters. The highest BCUT2D eigenvalue weighted by atomic mass is 32.2. The lowest BCUT2D eigenvalue weighted by Gasteiger charge is -2.07. The van der Waals surface area contributed by atoms with Crippen LogP contribution in [0.3, 0.4) is 0 Å². The van der Waals surface area contributed by atoms with Crippen molar-refractivity contribution in [1.29, 1.82) is 0 Å². The maximum atomic E-state index is 10.9. The highest BCUT2D eigenvalue weighted by Crippen LogP contribution is 2.19. The molecule has 0 atom stereocenters. The van der Waals surface area contributed by atoms with Gasteiger partial charge in [-0.2, -0.15) is 0 Å². The van der Waals surface area contributed by atoms with E-state index in [0.29, 0.717) is 11.8 Å². The standard InChI is InChI=1S/C13H19NO3S/c1-18(15,16)9-8-17-13-6-2-11(3-7-13)10-14-12-4-5-12/h2-3,6-7,12,14H,4-5,8-10H2,1H3. The van der Waals surface area contributed by atoms with E-state index in [1.165, 1.54) is 24.7 Å². The van der Waals surface area contributed by atoms with Crippen molar-refractivity contribution < 1.29 is 13.2 Å². The zero-order valence-electron chi connectivity index (χ0n) is 10.6. The quantitative estimate of drug-likeness (QED) is 0.812. The Kier molecular flexibility index (Phi) is 4.24. The number of hydrogen-bond acceptors (Lipinski definition) is 4. The lowest BCUT2D eigenvalue weighted by atomic mass is 10.2. The number of nitrogens with one attached hydrogen (secondary N) is 1. The van der Waals surface area contributed by atoms with Gasteiger partial charge in [-0.15, -0.1) is 0 Å². The summed E-state index contributed by atoms with van der Waals surface area (Å²) in [6, 6.07) is 8.48. The van der Waals surface area contributed by atoms with Crippen molar-refractivity contribution in [3.05, 3.63) is 29.8 Å². The molecule has 100 valence electrons. The molecule has 18 heavy (non-hydrogen) atoms. The van der Waals surface area contributed by atoms with Crippen LogP contribution in [0, 0.1) is 0 Å². The van der Waals surface area contributed by atoms with E-state index in [-0.39, 0.29) is 12.4 Å². The minimum atomic E-state index is -2.95. The first-order valence-corrected chi connectivity index (χ1v) is 8.22. The van der Waals surface area contributed by atoms with E-state index < -0.39 is 9.84 Å². The summed E-state index contributed by atoms with van der Waals surface area (Å²) in [7, 11) is -2.95. The summed E-state index contributed by atoms with van der Waals surface area (Å²) in [5.41, 5.74) is 1.22. The fourth-order valence-electron chi connectivity index (χ4n) is 1.56. The first kappa shape index (κ1) is 13.4. The summed E-state index contributed by atoms with van der Waals surface area (Å²) in [6.45, 7) is 1.09. The van der Waals surface area contributed by atoms with Gasteiger partial charge < -0.3 is 10.1 Å². The van der Waals surface area contributed by atoms with Crippen LogP contribution in [-0.2, 0) is 16.4 Å². The molecule has 1 aliphatic rings. The van der Waals surface area contributed by atoms with Crippen LogP contribution >= 0.6 is 0 Å². The second kappa shape index (κ2) is 5.71. The topological polar surface area (TPSA) is 55.4 Å². The number of ether oxygens (including phenoxy) is 1. The molecule has 1 aromatic carbocycles. The van der Waals surface area contributed by atoms with Gasteiger partial charge in [0.25, 0.3) is 0 Å². The second-order valence-corrected chi connectivity index (χ2v) is 7.04. The Labute approximate surface area is 108 Å². The van der Waals surface area contributed by atoms with Crippen LogP contribution in [0.4, 0.5) is 0 Å². The summed E-state index contributed by atoms with van der Waals surface area (Å²) in [5.74, 6) is 0.770. The summed E-state index contributed by atoms with van der Waals surface area (Å²) in [4.78, 5) is 0. The molecule has 0 radical (unpaired) electrons. The van der Waals surface area contributed by atoms with Gasteiger partial charge in [0.2, 0.25) is 0 Å². The van der Waals surface area contributed by atoms with E-state index in [9.17, 15) is 8.42 Å². The van der Waals surface area contributed by atoms with Crippen molar-refractivity contribution in [3.63, 3.8) is 0 Å². The van der Waals surface area contributed by atoms with Gasteiger partial charge >= 0.3 is 0 Å². The van der Waals surface area contributed by atoms with Crippen LogP contribution in [0.25, 0.3) is 0 Å². The normalized spacial score (nSPS) is 15.6. The molecule has 5 heteroatoms. The van der Waals surface area contributed by atoms with E-state index in [1.807, 2.05) is 24.3 Å². The fraction of sp³-hybridized carbons (Fsp3) is 0.538. The largest absolute Gasteiger partial charge is 0.493 e. The Bertz CT molecular complexity index is 477. The van der Waals surface area contributed by atoms with E-state index in [4.69, 9.17) is 4.74 Å². The Morgan fingerprint density at radius 1 is 1.28 bits per heavy atom. The lowest BCUT2D eigenvalue weighted by Crippen LogP contribution is -2.15. The molecule has 2 rings (SSSR count). The molecule has 4 nitrogen and oxygen atoms in total. The van der Waals surface area contributed by atoms with Crippen LogP contribution in [0.15, 0.2) is 24.3 Å². The molecule has 1 aliphatic carbocycles. The van der Waals surface area contributed by atoms with E-state index in [0.717, 1.165) is 6.54 Å². The van der Waals surface area contributed by atoms with Gasteiger partial charge in [-0.25, -0.2) is 8.42 Å². The summed E-state index contributed by atoms with van der Waals surface area (Å²) in [5, 5.41) is 3.44. The molecule has 0 amide bonds. The van der Waals surface area contributed by atoms with Crippen molar-refractivity contribution in [1.82, 2.24) is 5.32 Å². The minimum absolute atomic E-state index is 0.0536. The highest BCUT2D eigenvalue weighted by Gasteiger charge is 2.19. The molecule has 0 aromatic heterocycles. The number of rotatable bonds is 7. The third-order valence-electron chi connectivity index (χ3n) is 2.82. The highest BCUT2D eigenvalue weighted by molar-refractivity contribution is 7.90. The molecule has 0 bridgehead atoms. The van der Waals surface area contributed by atoms with Crippen molar-refractivity contribution in [2.24, 2.45) is 0 Å². The van der Waals surface area contributed by atoms with Crippen molar-refractivity contribution in [3.8, 4) is 5.75 Å². The Morgan fingerprint density at radius 2 is 1.94 bits per heavy atom. The molecule has 1 fully saturated rings. The van der Waals surface area contributed by atoms with Crippen LogP contribution in [0.1, 0.15) is 18.4 Å². The third kappa shape index (κ3) is 5.06. The molecular weight excluding hydrogens is 250 g/mol. The summed E-state index contributed by atoms with van der Waals surface area (Å²) >= 11 is 0. The van der Waals surface area contributed by atoms with E-state index in [2.05, 4.69) is 5.32 Å². The third-order valence-corrected chi connectivity index (χ3v) is 3.73. The van der Waals surface area contributed by atoms with Crippen molar-refractivity contribution in [2.45, 2.75) is 25.4 Å². The van der Waals surface area contributed by atoms with Crippen LogP contribution in [0.5, 0.6) is 5.75 Å². The average Bonchev–Trinajstić information content (AvgIpc) is 3.10. The zero-order valence-corrected chi connectivity index (χ0v) is 11.4. The SMILES string of the molecule is CS(=O)(=O)CCOc1ccc(CNC2CC2)cc1. The molecule has 0 spiro atoms. The van der Waals surface area contributed by atoms with E-state index >= 15 is 0 Å². The summed E-state index contributed by atoms with van der Waals surface area (Å²) in [6.07, 6.45) is 3.78. The van der Waals surface area contributed by atoms with Gasteiger partial charge in [0.05, 0.1) is 5.75 Å². The molecule has 1 saturated carbocycles. The van der Waals surface area contributed by atoms with Crippen molar-refractivity contribution in [2.75, 3.05) is 18.6 Å². The van der Waals surface area contributed by atoms with Crippen LogP contribution in [-0.4, -0.2) is 33.1 Å². The van der Waals surface area contributed by atoms with Crippen molar-refractivity contribution >= 4 is 9.84 Å². The number of hydrogen-bond donors (Lipinski definition) is 1. The van der Waals surface area contributed by atoms with E-state index in [1.54, 1.807) is 0 Å². The average molecular weight is 269 g/mol. The molecule has 0 aliphatic heterocycles. The Balaban J connectivity index is 1.75. The maximum absolute atomic E-state index is 10.9. The monoisotopic (exact) mass is 269 g/mol. The molecule has 1 aromatic rings. The van der Waals surface area contributed by atoms with Gasteiger partial charge in [-0.1, -0.05) is 12.1 Å². The molecule has 0 heterocycles. The Morgan fingerprint density at radius 3 is 2.50 bits per heavy atom. The fourth-order valence-corrected chi connectivity index (χ4v) is 1.95. The first-order valence-electron chi connectivity index (χ1n) is 6.16. The van der Waals surface area contributed by atoms with Gasteiger partial charge in [-0.05, 0) is 30.5 Å². The van der Waals surface area contributed by atoms with Gasteiger partial charge in [0, 0.05) is 18.8 Å². The van der Waals surface area contributed by atoms with Gasteiger partial charge in [0.1, 0.15) is 12.4 Å². The predicted octanol–water partition coefficient (Wildman–Crippen LogP) is 1.36. The smallest absolute Gasteiger partial charge is 0.150 e. The number of benzene rings is 1. The molecule has 0 saturated heterocycles. The van der Waals surface area contributed by atoms with Gasteiger partial charge in [0.15, 0.2) is 9.84 Å². The number of sulfone groups is 1. The van der Waals surface area contributed by atoms with Crippen LogP contribution in [0.2, 0.25) is 0 Å². The molecule has 1 N–H and O–H groups in total. The first-order chi connectivity index (χ1) is 8.53. The van der Waals surface area contributed by atoms with Crippen LogP contribution < -0.4 is 10.1 Å². The maximum Gasteiger partial charge on any atom is 0.150 e. The van der Waals surface area contributed by atoms with Gasteiger partial charge in [-0.3, -0.25) is 0 Å². The Hall–Kier alpha value is -1.07. The zero-order chi connectivity index (χ0) is 13.0. The molecular formula is C13H19NO3S. The lowest BCUT2D eigenvalue weighted by molar-refractivity contribution is 0.341. The summed E-state index contributed by atoms with van der Waals surface area (Å²) < 4.78 is 27.3. The predicted molar refractivity (Wildman–Crippen MR) is 71.5 cm³/mol. The minimum Gasteiger partial charge on any atom is -0.493 e.